The van der Waals surface area contributed by atoms with Crippen LogP contribution in [0, 0.1) is 0 Å². The van der Waals surface area contributed by atoms with E-state index >= 15 is 0 Å². The highest BCUT2D eigenvalue weighted by atomic mass is 32.2. The van der Waals surface area contributed by atoms with Gasteiger partial charge in [0.05, 0.1) is 11.3 Å². The van der Waals surface area contributed by atoms with Crippen molar-refractivity contribution in [2.24, 2.45) is 4.40 Å². The largest absolute Gasteiger partial charge is 0.333 e. The van der Waals surface area contributed by atoms with E-state index < -0.39 is 10.0 Å². The van der Waals surface area contributed by atoms with Gasteiger partial charge in [-0.25, -0.2) is 8.42 Å². The van der Waals surface area contributed by atoms with Crippen LogP contribution in [0.25, 0.3) is 0 Å². The monoisotopic (exact) mass is 324 g/mol. The quantitative estimate of drug-likeness (QED) is 0.716. The van der Waals surface area contributed by atoms with Crippen molar-refractivity contribution in [3.63, 3.8) is 0 Å². The SMILES string of the molecule is CC1NCCN(C(=O)C2=CN3CCS(=O)(=O)N=C3C=C2)C1C. The molecule has 3 rings (SSSR count). The van der Waals surface area contributed by atoms with E-state index in [1.165, 1.54) is 0 Å². The Labute approximate surface area is 130 Å². The minimum Gasteiger partial charge on any atom is -0.333 e. The van der Waals surface area contributed by atoms with E-state index in [4.69, 9.17) is 0 Å². The van der Waals surface area contributed by atoms with Gasteiger partial charge in [-0.05, 0) is 26.0 Å². The number of fused-ring (bicyclic) bond motifs is 1. The lowest BCUT2D eigenvalue weighted by molar-refractivity contribution is -0.130. The zero-order valence-corrected chi connectivity index (χ0v) is 13.5. The highest BCUT2D eigenvalue weighted by Gasteiger charge is 2.31. The van der Waals surface area contributed by atoms with Crippen molar-refractivity contribution in [1.82, 2.24) is 15.1 Å². The predicted octanol–water partition coefficient (Wildman–Crippen LogP) is -0.307. The molecule has 7 nitrogen and oxygen atoms in total. The molecule has 0 aliphatic carbocycles. The maximum Gasteiger partial charge on any atom is 0.256 e. The van der Waals surface area contributed by atoms with Crippen LogP contribution in [-0.4, -0.2) is 67.4 Å². The second-order valence-electron chi connectivity index (χ2n) is 5.83. The first kappa shape index (κ1) is 15.2. The molecular formula is C14H20N4O3S. The molecule has 1 amide bonds. The molecule has 2 atom stereocenters. The van der Waals surface area contributed by atoms with Crippen LogP contribution < -0.4 is 5.32 Å². The molecule has 2 unspecified atom stereocenters. The van der Waals surface area contributed by atoms with Crippen LogP contribution in [-0.2, 0) is 14.8 Å². The lowest BCUT2D eigenvalue weighted by Gasteiger charge is -2.39. The van der Waals surface area contributed by atoms with E-state index in [1.54, 1.807) is 23.3 Å². The van der Waals surface area contributed by atoms with Gasteiger partial charge in [0.15, 0.2) is 0 Å². The summed E-state index contributed by atoms with van der Waals surface area (Å²) in [5, 5.41) is 3.35. The number of carbonyl (C=O) groups is 1. The van der Waals surface area contributed by atoms with Crippen molar-refractivity contribution < 1.29 is 13.2 Å². The molecule has 1 fully saturated rings. The number of sulfonamides is 1. The van der Waals surface area contributed by atoms with Gasteiger partial charge in [0.1, 0.15) is 5.84 Å². The molecule has 0 bridgehead atoms. The summed E-state index contributed by atoms with van der Waals surface area (Å²) in [5.41, 5.74) is 0.569. The number of carbonyl (C=O) groups excluding carboxylic acids is 1. The zero-order valence-electron chi connectivity index (χ0n) is 12.7. The van der Waals surface area contributed by atoms with E-state index in [9.17, 15) is 13.2 Å². The fraction of sp³-hybridized carbons (Fsp3) is 0.571. The van der Waals surface area contributed by atoms with E-state index in [1.807, 2.05) is 11.8 Å². The average Bonchev–Trinajstić information content (AvgIpc) is 2.48. The summed E-state index contributed by atoms with van der Waals surface area (Å²) in [4.78, 5) is 16.3. The van der Waals surface area contributed by atoms with Crippen molar-refractivity contribution in [2.75, 3.05) is 25.4 Å². The van der Waals surface area contributed by atoms with Crippen LogP contribution in [0.4, 0.5) is 0 Å². The van der Waals surface area contributed by atoms with Crippen molar-refractivity contribution >= 4 is 21.8 Å². The molecule has 0 aromatic heterocycles. The summed E-state index contributed by atoms with van der Waals surface area (Å²) >= 11 is 0. The van der Waals surface area contributed by atoms with Gasteiger partial charge in [-0.3, -0.25) is 4.79 Å². The summed E-state index contributed by atoms with van der Waals surface area (Å²) in [5.74, 6) is 0.331. The first-order valence-electron chi connectivity index (χ1n) is 7.41. The van der Waals surface area contributed by atoms with E-state index in [0.29, 0.717) is 24.5 Å². The Balaban J connectivity index is 1.81. The van der Waals surface area contributed by atoms with E-state index in [0.717, 1.165) is 6.54 Å². The Kier molecular flexibility index (Phi) is 3.82. The fourth-order valence-electron chi connectivity index (χ4n) is 2.84. The van der Waals surface area contributed by atoms with Crippen molar-refractivity contribution in [3.05, 3.63) is 23.9 Å². The molecule has 0 spiro atoms. The number of hydrogen-bond donors (Lipinski definition) is 1. The molecule has 0 saturated carbocycles. The molecule has 0 aromatic carbocycles. The molecule has 3 heterocycles. The molecule has 3 aliphatic heterocycles. The number of nitrogens with zero attached hydrogens (tertiary/aromatic N) is 3. The van der Waals surface area contributed by atoms with Gasteiger partial charge in [0.25, 0.3) is 15.9 Å². The number of amidine groups is 1. The standard InChI is InChI=1S/C14H20N4O3S/c1-10-11(2)18(6-5-15-10)14(19)12-3-4-13-16-22(20,21)8-7-17(13)9-12/h3-4,9-11,15H,5-8H2,1-2H3. The second kappa shape index (κ2) is 5.51. The van der Waals surface area contributed by atoms with Gasteiger partial charge in [0.2, 0.25) is 0 Å². The summed E-state index contributed by atoms with van der Waals surface area (Å²) < 4.78 is 26.7. The van der Waals surface area contributed by atoms with Crippen molar-refractivity contribution in [2.45, 2.75) is 25.9 Å². The van der Waals surface area contributed by atoms with Crippen LogP contribution in [0.15, 0.2) is 28.3 Å². The Morgan fingerprint density at radius 2 is 2.09 bits per heavy atom. The fourth-order valence-corrected chi connectivity index (χ4v) is 3.81. The number of rotatable bonds is 1. The normalized spacial score (nSPS) is 30.5. The lowest BCUT2D eigenvalue weighted by atomic mass is 10.0. The smallest absolute Gasteiger partial charge is 0.256 e. The highest BCUT2D eigenvalue weighted by Crippen LogP contribution is 2.19. The molecule has 0 radical (unpaired) electrons. The number of nitrogens with one attached hydrogen (secondary N) is 1. The van der Waals surface area contributed by atoms with Gasteiger partial charge in [-0.15, -0.1) is 4.40 Å². The third-order valence-electron chi connectivity index (χ3n) is 4.37. The van der Waals surface area contributed by atoms with Crippen molar-refractivity contribution in [3.8, 4) is 0 Å². The molecular weight excluding hydrogens is 304 g/mol. The molecule has 22 heavy (non-hydrogen) atoms. The second-order valence-corrected chi connectivity index (χ2v) is 7.58. The Bertz CT molecular complexity index is 680. The van der Waals surface area contributed by atoms with Crippen LogP contribution in [0.3, 0.4) is 0 Å². The molecule has 1 saturated heterocycles. The Hall–Kier alpha value is -1.67. The zero-order chi connectivity index (χ0) is 15.9. The predicted molar refractivity (Wildman–Crippen MR) is 83.8 cm³/mol. The maximum atomic E-state index is 12.7. The summed E-state index contributed by atoms with van der Waals surface area (Å²) in [6.07, 6.45) is 4.95. The Morgan fingerprint density at radius 1 is 1.32 bits per heavy atom. The minimum atomic E-state index is -3.37. The van der Waals surface area contributed by atoms with Gasteiger partial charge in [-0.1, -0.05) is 0 Å². The van der Waals surface area contributed by atoms with Crippen LogP contribution in [0.5, 0.6) is 0 Å². The number of hydrogen-bond acceptors (Lipinski definition) is 5. The van der Waals surface area contributed by atoms with Gasteiger partial charge in [0, 0.05) is 37.9 Å². The topological polar surface area (TPSA) is 82.1 Å². The van der Waals surface area contributed by atoms with E-state index in [2.05, 4.69) is 16.6 Å². The first-order chi connectivity index (χ1) is 10.4. The molecule has 3 aliphatic rings. The average molecular weight is 324 g/mol. The van der Waals surface area contributed by atoms with Crippen LogP contribution in [0.1, 0.15) is 13.8 Å². The van der Waals surface area contributed by atoms with E-state index in [-0.39, 0.29) is 23.7 Å². The lowest BCUT2D eigenvalue weighted by Crippen LogP contribution is -2.57. The first-order valence-corrected chi connectivity index (χ1v) is 9.02. The van der Waals surface area contributed by atoms with Crippen molar-refractivity contribution in [1.29, 1.82) is 0 Å². The number of piperazine rings is 1. The van der Waals surface area contributed by atoms with Crippen LogP contribution in [0.2, 0.25) is 0 Å². The van der Waals surface area contributed by atoms with Gasteiger partial charge in [-0.2, -0.15) is 0 Å². The summed E-state index contributed by atoms with van der Waals surface area (Å²) in [7, 11) is -3.37. The molecule has 1 N–H and O–H groups in total. The van der Waals surface area contributed by atoms with Gasteiger partial charge >= 0.3 is 0 Å². The van der Waals surface area contributed by atoms with Crippen LogP contribution >= 0.6 is 0 Å². The van der Waals surface area contributed by atoms with Gasteiger partial charge < -0.3 is 15.1 Å². The Morgan fingerprint density at radius 3 is 2.86 bits per heavy atom. The third kappa shape index (κ3) is 2.80. The summed E-state index contributed by atoms with van der Waals surface area (Å²) in [6.45, 7) is 5.88. The molecule has 8 heteroatoms. The minimum absolute atomic E-state index is 0.0235. The number of amides is 1. The maximum absolute atomic E-state index is 12.7. The highest BCUT2D eigenvalue weighted by molar-refractivity contribution is 7.90. The molecule has 120 valence electrons. The molecule has 0 aromatic rings. The third-order valence-corrected chi connectivity index (χ3v) is 5.53. The summed E-state index contributed by atoms with van der Waals surface area (Å²) in [6, 6.07) is 0.371.